The Morgan fingerprint density at radius 2 is 1.87 bits per heavy atom. The molecule has 0 aliphatic carbocycles. The number of halogens is 3. The lowest BCUT2D eigenvalue weighted by Gasteiger charge is -2.35. The van der Waals surface area contributed by atoms with E-state index in [4.69, 9.17) is 21.1 Å². The third-order valence-corrected chi connectivity index (χ3v) is 6.94. The first-order chi connectivity index (χ1) is 18.0. The summed E-state index contributed by atoms with van der Waals surface area (Å²) >= 11 is 9.65. The zero-order chi connectivity index (χ0) is 27.6. The van der Waals surface area contributed by atoms with Crippen molar-refractivity contribution in [2.45, 2.75) is 32.9 Å². The SMILES string of the molecule is COC(=O)c1cc2c(ncn2CCN2CCN(C(=O)OC(C)(C)C)CC2)c(F)c1Nc1ccc(Br)cc1Cl. The number of nitrogens with zero attached hydrogens (tertiary/aromatic N) is 4. The van der Waals surface area contributed by atoms with E-state index < -0.39 is 17.4 Å². The van der Waals surface area contributed by atoms with Gasteiger partial charge in [-0.25, -0.2) is 19.0 Å². The number of hydrogen-bond acceptors (Lipinski definition) is 7. The van der Waals surface area contributed by atoms with E-state index >= 15 is 4.39 Å². The average Bonchev–Trinajstić information content (AvgIpc) is 3.27. The van der Waals surface area contributed by atoms with Crippen molar-refractivity contribution in [2.75, 3.05) is 45.2 Å². The largest absolute Gasteiger partial charge is 0.465 e. The van der Waals surface area contributed by atoms with Gasteiger partial charge in [-0.1, -0.05) is 27.5 Å². The van der Waals surface area contributed by atoms with Crippen molar-refractivity contribution in [1.82, 2.24) is 19.4 Å². The molecule has 1 N–H and O–H groups in total. The molecule has 0 radical (unpaired) electrons. The van der Waals surface area contributed by atoms with Gasteiger partial charge in [-0.3, -0.25) is 4.90 Å². The number of piperazine rings is 1. The van der Waals surface area contributed by atoms with Gasteiger partial charge in [0.05, 0.1) is 40.9 Å². The Balaban J connectivity index is 1.51. The van der Waals surface area contributed by atoms with Gasteiger partial charge in [-0.05, 0) is 45.0 Å². The number of imidazole rings is 1. The van der Waals surface area contributed by atoms with E-state index in [1.165, 1.54) is 7.11 Å². The summed E-state index contributed by atoms with van der Waals surface area (Å²) in [4.78, 5) is 33.1. The summed E-state index contributed by atoms with van der Waals surface area (Å²) in [5, 5.41) is 3.29. The molecule has 2 heterocycles. The molecule has 1 aliphatic rings. The number of carbonyl (C=O) groups excluding carboxylic acids is 2. The highest BCUT2D eigenvalue weighted by atomic mass is 79.9. The van der Waals surface area contributed by atoms with Crippen molar-refractivity contribution in [2.24, 2.45) is 0 Å². The van der Waals surface area contributed by atoms with Crippen LogP contribution < -0.4 is 5.32 Å². The highest BCUT2D eigenvalue weighted by Crippen LogP contribution is 2.34. The van der Waals surface area contributed by atoms with Crippen LogP contribution in [0.4, 0.5) is 20.6 Å². The van der Waals surface area contributed by atoms with Crippen LogP contribution in [0.3, 0.4) is 0 Å². The van der Waals surface area contributed by atoms with Crippen LogP contribution in [0, 0.1) is 5.82 Å². The maximum Gasteiger partial charge on any atom is 0.410 e. The first-order valence-electron chi connectivity index (χ1n) is 12.1. The number of nitrogens with one attached hydrogen (secondary N) is 1. The Labute approximate surface area is 234 Å². The van der Waals surface area contributed by atoms with Gasteiger partial charge in [-0.2, -0.15) is 0 Å². The smallest absolute Gasteiger partial charge is 0.410 e. The first kappa shape index (κ1) is 28.1. The minimum atomic E-state index is -0.687. The number of carbonyl (C=O) groups is 2. The molecule has 12 heteroatoms. The number of hydrogen-bond donors (Lipinski definition) is 1. The fourth-order valence-corrected chi connectivity index (χ4v) is 4.90. The second-order valence-electron chi connectivity index (χ2n) is 9.97. The molecule has 1 saturated heterocycles. The predicted molar refractivity (Wildman–Crippen MR) is 148 cm³/mol. The number of methoxy groups -OCH3 is 1. The molecule has 9 nitrogen and oxygen atoms in total. The summed E-state index contributed by atoms with van der Waals surface area (Å²) in [7, 11) is 1.25. The summed E-state index contributed by atoms with van der Waals surface area (Å²) in [6.07, 6.45) is 1.25. The lowest BCUT2D eigenvalue weighted by atomic mass is 10.1. The molecule has 1 amide bonds. The van der Waals surface area contributed by atoms with Crippen LogP contribution in [0.25, 0.3) is 11.0 Å². The molecule has 1 fully saturated rings. The van der Waals surface area contributed by atoms with E-state index in [-0.39, 0.29) is 22.9 Å². The monoisotopic (exact) mass is 609 g/mol. The number of ether oxygens (including phenoxy) is 2. The van der Waals surface area contributed by atoms with Crippen LogP contribution in [-0.2, 0) is 16.0 Å². The molecule has 0 atom stereocenters. The van der Waals surface area contributed by atoms with E-state index in [0.29, 0.717) is 55.5 Å². The number of rotatable bonds is 6. The molecule has 2 aromatic carbocycles. The van der Waals surface area contributed by atoms with Gasteiger partial charge in [0.15, 0.2) is 5.82 Å². The Bertz CT molecular complexity index is 1350. The second kappa shape index (κ2) is 11.5. The number of aromatic nitrogens is 2. The van der Waals surface area contributed by atoms with Gasteiger partial charge in [0.2, 0.25) is 0 Å². The Hall–Kier alpha value is -2.89. The minimum Gasteiger partial charge on any atom is -0.465 e. The summed E-state index contributed by atoms with van der Waals surface area (Å²) < 4.78 is 28.7. The van der Waals surface area contributed by atoms with Crippen molar-refractivity contribution in [1.29, 1.82) is 0 Å². The maximum atomic E-state index is 15.7. The third kappa shape index (κ3) is 6.39. The zero-order valence-electron chi connectivity index (χ0n) is 21.7. The average molecular weight is 611 g/mol. The Kier molecular flexibility index (Phi) is 8.49. The second-order valence-corrected chi connectivity index (χ2v) is 11.3. The van der Waals surface area contributed by atoms with Crippen LogP contribution in [0.15, 0.2) is 35.1 Å². The number of benzene rings is 2. The highest BCUT2D eigenvalue weighted by Gasteiger charge is 2.26. The molecule has 0 spiro atoms. The fourth-order valence-electron chi connectivity index (χ4n) is 4.18. The lowest BCUT2D eigenvalue weighted by molar-refractivity contribution is 0.0143. The summed E-state index contributed by atoms with van der Waals surface area (Å²) in [5.41, 5.74) is 0.477. The molecular formula is C26H30BrClFN5O4. The summed E-state index contributed by atoms with van der Waals surface area (Å²) in [6.45, 7) is 9.24. The van der Waals surface area contributed by atoms with E-state index in [1.54, 1.807) is 35.5 Å². The summed E-state index contributed by atoms with van der Waals surface area (Å²) in [6, 6.07) is 6.68. The number of esters is 1. The van der Waals surface area contributed by atoms with Crippen molar-refractivity contribution >= 4 is 62.0 Å². The van der Waals surface area contributed by atoms with E-state index in [2.05, 4.69) is 31.1 Å². The Morgan fingerprint density at radius 3 is 2.50 bits per heavy atom. The minimum absolute atomic E-state index is 0.0317. The van der Waals surface area contributed by atoms with Gasteiger partial charge in [0.1, 0.15) is 11.1 Å². The van der Waals surface area contributed by atoms with Crippen LogP contribution >= 0.6 is 27.5 Å². The molecule has 1 aliphatic heterocycles. The van der Waals surface area contributed by atoms with Crippen molar-refractivity contribution in [3.63, 3.8) is 0 Å². The summed E-state index contributed by atoms with van der Waals surface area (Å²) in [5.74, 6) is -1.36. The fraction of sp³-hybridized carbons (Fsp3) is 0.423. The molecule has 3 aromatic rings. The van der Waals surface area contributed by atoms with Gasteiger partial charge in [0, 0.05) is 43.7 Å². The number of anilines is 2. The molecule has 38 heavy (non-hydrogen) atoms. The van der Waals surface area contributed by atoms with Crippen molar-refractivity contribution < 1.29 is 23.5 Å². The molecule has 204 valence electrons. The van der Waals surface area contributed by atoms with Gasteiger partial charge in [0.25, 0.3) is 0 Å². The molecule has 0 unspecified atom stereocenters. The number of fused-ring (bicyclic) bond motifs is 1. The van der Waals surface area contributed by atoms with Crippen LogP contribution in [0.5, 0.6) is 0 Å². The quantitative estimate of drug-likeness (QED) is 0.360. The predicted octanol–water partition coefficient (Wildman–Crippen LogP) is 5.67. The maximum absolute atomic E-state index is 15.7. The van der Waals surface area contributed by atoms with Crippen molar-refractivity contribution in [3.05, 3.63) is 51.5 Å². The van der Waals surface area contributed by atoms with Gasteiger partial charge >= 0.3 is 12.1 Å². The molecule has 0 saturated carbocycles. The first-order valence-corrected chi connectivity index (χ1v) is 13.3. The topological polar surface area (TPSA) is 88.9 Å². The molecular weight excluding hydrogens is 581 g/mol. The van der Waals surface area contributed by atoms with Crippen LogP contribution in [0.1, 0.15) is 31.1 Å². The van der Waals surface area contributed by atoms with E-state index in [1.807, 2.05) is 25.3 Å². The van der Waals surface area contributed by atoms with E-state index in [0.717, 1.165) is 4.47 Å². The van der Waals surface area contributed by atoms with Gasteiger partial charge in [-0.15, -0.1) is 0 Å². The highest BCUT2D eigenvalue weighted by molar-refractivity contribution is 9.10. The normalized spacial score (nSPS) is 14.6. The number of amides is 1. The standard InChI is InChI=1S/C26H30BrClFN5O4/c1-26(2,3)38-25(36)33-10-7-32(8-11-33)9-12-34-15-30-23-20(34)14-17(24(35)37-4)22(21(23)29)31-19-6-5-16(27)13-18(19)28/h5-6,13-15,31H,7-12H2,1-4H3. The third-order valence-electron chi connectivity index (χ3n) is 6.13. The van der Waals surface area contributed by atoms with Crippen LogP contribution in [0.2, 0.25) is 5.02 Å². The zero-order valence-corrected chi connectivity index (χ0v) is 24.0. The van der Waals surface area contributed by atoms with Crippen LogP contribution in [-0.4, -0.2) is 76.8 Å². The van der Waals surface area contributed by atoms with E-state index in [9.17, 15) is 9.59 Å². The molecule has 4 rings (SSSR count). The lowest BCUT2D eigenvalue weighted by Crippen LogP contribution is -2.50. The molecule has 1 aromatic heterocycles. The Morgan fingerprint density at radius 1 is 1.16 bits per heavy atom. The molecule has 0 bridgehead atoms. The van der Waals surface area contributed by atoms with Gasteiger partial charge < -0.3 is 24.3 Å². The van der Waals surface area contributed by atoms with Crippen molar-refractivity contribution in [3.8, 4) is 0 Å².